The Kier molecular flexibility index (Phi) is 5.86. The molecule has 0 fully saturated rings. The summed E-state index contributed by atoms with van der Waals surface area (Å²) in [4.78, 5) is 11.9. The maximum atomic E-state index is 11.9. The summed E-state index contributed by atoms with van der Waals surface area (Å²) in [6, 6.07) is 15.3. The Labute approximate surface area is 137 Å². The van der Waals surface area contributed by atoms with Gasteiger partial charge in [-0.3, -0.25) is 4.79 Å². The van der Waals surface area contributed by atoms with Gasteiger partial charge in [-0.2, -0.15) is 0 Å². The van der Waals surface area contributed by atoms with Gasteiger partial charge in [-0.25, -0.2) is 0 Å². The predicted molar refractivity (Wildman–Crippen MR) is 91.3 cm³/mol. The summed E-state index contributed by atoms with van der Waals surface area (Å²) in [5, 5.41) is 3.71. The van der Waals surface area contributed by atoms with E-state index in [0.717, 1.165) is 27.0 Å². The Morgan fingerprint density at radius 1 is 1.10 bits per heavy atom. The van der Waals surface area contributed by atoms with E-state index in [0.29, 0.717) is 12.1 Å². The number of carbonyl (C=O) groups excluding carboxylic acids is 1. The Morgan fingerprint density at radius 3 is 2.50 bits per heavy atom. The minimum absolute atomic E-state index is 0.0273. The lowest BCUT2D eigenvalue weighted by molar-refractivity contribution is 0.0953. The standard InChI is InChI=1S/C16H15ClINO/c17-15-6-2-1-4-12(15)5-3-11-19-16(20)13-7-9-14(18)10-8-13/h1-2,4,6-10H,3,5,11H2,(H,19,20). The molecule has 2 aromatic carbocycles. The molecule has 0 spiro atoms. The van der Waals surface area contributed by atoms with Crippen LogP contribution in [0, 0.1) is 3.57 Å². The van der Waals surface area contributed by atoms with Crippen molar-refractivity contribution in [3.8, 4) is 0 Å². The topological polar surface area (TPSA) is 29.1 Å². The molecule has 20 heavy (non-hydrogen) atoms. The molecule has 0 unspecified atom stereocenters. The lowest BCUT2D eigenvalue weighted by Crippen LogP contribution is -2.24. The zero-order valence-corrected chi connectivity index (χ0v) is 13.8. The molecular formula is C16H15ClINO. The molecule has 0 heterocycles. The van der Waals surface area contributed by atoms with Crippen molar-refractivity contribution in [3.63, 3.8) is 0 Å². The fraction of sp³-hybridized carbons (Fsp3) is 0.188. The first kappa shape index (κ1) is 15.3. The van der Waals surface area contributed by atoms with Gasteiger partial charge in [-0.1, -0.05) is 29.8 Å². The highest BCUT2D eigenvalue weighted by Crippen LogP contribution is 2.16. The molecule has 0 saturated carbocycles. The SMILES string of the molecule is O=C(NCCCc1ccccc1Cl)c1ccc(I)cc1. The molecule has 0 bridgehead atoms. The van der Waals surface area contributed by atoms with E-state index in [-0.39, 0.29) is 5.91 Å². The molecule has 1 N–H and O–H groups in total. The average molecular weight is 400 g/mol. The quantitative estimate of drug-likeness (QED) is 0.589. The first-order valence-electron chi connectivity index (χ1n) is 6.44. The van der Waals surface area contributed by atoms with E-state index in [9.17, 15) is 4.79 Å². The highest BCUT2D eigenvalue weighted by atomic mass is 127. The van der Waals surface area contributed by atoms with Crippen molar-refractivity contribution in [2.75, 3.05) is 6.54 Å². The summed E-state index contributed by atoms with van der Waals surface area (Å²) < 4.78 is 1.12. The zero-order valence-electron chi connectivity index (χ0n) is 10.9. The van der Waals surface area contributed by atoms with E-state index in [4.69, 9.17) is 11.6 Å². The van der Waals surface area contributed by atoms with E-state index in [1.54, 1.807) is 0 Å². The number of halogens is 2. The summed E-state index contributed by atoms with van der Waals surface area (Å²) in [7, 11) is 0. The molecule has 0 atom stereocenters. The third-order valence-corrected chi connectivity index (χ3v) is 4.06. The van der Waals surface area contributed by atoms with E-state index < -0.39 is 0 Å². The average Bonchev–Trinajstić information content (AvgIpc) is 2.46. The molecule has 2 nitrogen and oxygen atoms in total. The van der Waals surface area contributed by atoms with Crippen molar-refractivity contribution in [1.82, 2.24) is 5.32 Å². The number of rotatable bonds is 5. The van der Waals surface area contributed by atoms with E-state index >= 15 is 0 Å². The van der Waals surface area contributed by atoms with Crippen molar-refractivity contribution >= 4 is 40.1 Å². The molecule has 2 rings (SSSR count). The maximum Gasteiger partial charge on any atom is 0.251 e. The third-order valence-electron chi connectivity index (χ3n) is 2.97. The molecule has 0 aliphatic rings. The van der Waals surface area contributed by atoms with Crippen LogP contribution in [0.2, 0.25) is 5.02 Å². The smallest absolute Gasteiger partial charge is 0.251 e. The molecule has 2 aromatic rings. The number of amides is 1. The third kappa shape index (κ3) is 4.49. The van der Waals surface area contributed by atoms with E-state index in [1.165, 1.54) is 0 Å². The van der Waals surface area contributed by atoms with Gasteiger partial charge < -0.3 is 5.32 Å². The summed E-state index contributed by atoms with van der Waals surface area (Å²) in [6.07, 6.45) is 1.74. The fourth-order valence-corrected chi connectivity index (χ4v) is 2.48. The second-order valence-electron chi connectivity index (χ2n) is 4.46. The summed E-state index contributed by atoms with van der Waals surface area (Å²) in [5.41, 5.74) is 1.82. The normalized spacial score (nSPS) is 10.3. The van der Waals surface area contributed by atoms with Crippen LogP contribution in [-0.2, 0) is 6.42 Å². The van der Waals surface area contributed by atoms with Crippen LogP contribution in [0.1, 0.15) is 22.3 Å². The first-order valence-corrected chi connectivity index (χ1v) is 7.89. The summed E-state index contributed by atoms with van der Waals surface area (Å²) in [6.45, 7) is 0.649. The van der Waals surface area contributed by atoms with Gasteiger partial charge in [-0.15, -0.1) is 0 Å². The van der Waals surface area contributed by atoms with Crippen molar-refractivity contribution in [3.05, 3.63) is 68.3 Å². The number of hydrogen-bond donors (Lipinski definition) is 1. The van der Waals surface area contributed by atoms with Crippen molar-refractivity contribution in [2.45, 2.75) is 12.8 Å². The molecule has 1 amide bonds. The first-order chi connectivity index (χ1) is 9.66. The Hall–Kier alpha value is -1.07. The lowest BCUT2D eigenvalue weighted by atomic mass is 10.1. The highest BCUT2D eigenvalue weighted by molar-refractivity contribution is 14.1. The number of aryl methyl sites for hydroxylation is 1. The van der Waals surface area contributed by atoms with Crippen LogP contribution < -0.4 is 5.32 Å². The zero-order chi connectivity index (χ0) is 14.4. The van der Waals surface area contributed by atoms with Crippen LogP contribution in [0.15, 0.2) is 48.5 Å². The van der Waals surface area contributed by atoms with Crippen molar-refractivity contribution in [1.29, 1.82) is 0 Å². The van der Waals surface area contributed by atoms with Crippen LogP contribution in [0.5, 0.6) is 0 Å². The number of nitrogens with one attached hydrogen (secondary N) is 1. The monoisotopic (exact) mass is 399 g/mol. The molecule has 0 aromatic heterocycles. The van der Waals surface area contributed by atoms with E-state index in [2.05, 4.69) is 27.9 Å². The fourth-order valence-electron chi connectivity index (χ4n) is 1.89. The molecule has 0 radical (unpaired) electrons. The second kappa shape index (κ2) is 7.64. The van der Waals surface area contributed by atoms with Gasteiger partial charge >= 0.3 is 0 Å². The number of carbonyl (C=O) groups is 1. The van der Waals surface area contributed by atoms with Gasteiger partial charge in [0.25, 0.3) is 5.91 Å². The van der Waals surface area contributed by atoms with Gasteiger partial charge in [0.1, 0.15) is 0 Å². The largest absolute Gasteiger partial charge is 0.352 e. The Balaban J connectivity index is 1.77. The van der Waals surface area contributed by atoms with Gasteiger partial charge in [0, 0.05) is 20.7 Å². The van der Waals surface area contributed by atoms with Crippen LogP contribution in [0.25, 0.3) is 0 Å². The molecule has 4 heteroatoms. The Bertz CT molecular complexity index is 583. The Morgan fingerprint density at radius 2 is 1.80 bits per heavy atom. The number of hydrogen-bond acceptors (Lipinski definition) is 1. The second-order valence-corrected chi connectivity index (χ2v) is 6.11. The van der Waals surface area contributed by atoms with E-state index in [1.807, 2.05) is 48.5 Å². The summed E-state index contributed by atoms with van der Waals surface area (Å²) in [5.74, 6) is -0.0273. The van der Waals surface area contributed by atoms with Crippen LogP contribution >= 0.6 is 34.2 Å². The molecule has 0 saturated heterocycles. The molecule has 0 aliphatic carbocycles. The summed E-state index contributed by atoms with van der Waals surface area (Å²) >= 11 is 8.31. The lowest BCUT2D eigenvalue weighted by Gasteiger charge is -2.06. The van der Waals surface area contributed by atoms with Gasteiger partial charge in [0.15, 0.2) is 0 Å². The van der Waals surface area contributed by atoms with Crippen LogP contribution in [0.3, 0.4) is 0 Å². The van der Waals surface area contributed by atoms with Crippen molar-refractivity contribution < 1.29 is 4.79 Å². The molecule has 104 valence electrons. The molecular weight excluding hydrogens is 385 g/mol. The van der Waals surface area contributed by atoms with Gasteiger partial charge in [0.2, 0.25) is 0 Å². The van der Waals surface area contributed by atoms with Crippen LogP contribution in [0.4, 0.5) is 0 Å². The minimum atomic E-state index is -0.0273. The highest BCUT2D eigenvalue weighted by Gasteiger charge is 2.04. The van der Waals surface area contributed by atoms with Crippen LogP contribution in [-0.4, -0.2) is 12.5 Å². The van der Waals surface area contributed by atoms with Crippen molar-refractivity contribution in [2.24, 2.45) is 0 Å². The van der Waals surface area contributed by atoms with Gasteiger partial charge in [-0.05, 0) is 71.3 Å². The molecule has 0 aliphatic heterocycles. The minimum Gasteiger partial charge on any atom is -0.352 e. The van der Waals surface area contributed by atoms with Gasteiger partial charge in [0.05, 0.1) is 0 Å². The maximum absolute atomic E-state index is 11.9. The predicted octanol–water partition coefficient (Wildman–Crippen LogP) is 4.31. The number of benzene rings is 2.